The van der Waals surface area contributed by atoms with Crippen molar-refractivity contribution in [3.05, 3.63) is 10.9 Å². The van der Waals surface area contributed by atoms with E-state index in [4.69, 9.17) is 4.74 Å². The van der Waals surface area contributed by atoms with Crippen molar-refractivity contribution in [1.29, 1.82) is 0 Å². The zero-order chi connectivity index (χ0) is 11.7. The van der Waals surface area contributed by atoms with Crippen molar-refractivity contribution in [2.75, 3.05) is 17.2 Å². The third-order valence-electron chi connectivity index (χ3n) is 2.21. The lowest BCUT2D eigenvalue weighted by atomic mass is 10.2. The van der Waals surface area contributed by atoms with Gasteiger partial charge in [0, 0.05) is 0 Å². The molecule has 1 aromatic heterocycles. The second-order valence-electron chi connectivity index (χ2n) is 3.43. The first kappa shape index (κ1) is 10.9. The zero-order valence-electron chi connectivity index (χ0n) is 8.99. The quantitative estimate of drug-likeness (QED) is 0.772. The molecular weight excluding hydrogens is 228 g/mol. The largest absolute Gasteiger partial charge is 0.462 e. The highest BCUT2D eigenvalue weighted by Crippen LogP contribution is 2.36. The molecule has 6 heteroatoms. The van der Waals surface area contributed by atoms with E-state index in [-0.39, 0.29) is 17.9 Å². The number of esters is 1. The van der Waals surface area contributed by atoms with Gasteiger partial charge in [-0.2, -0.15) is 0 Å². The van der Waals surface area contributed by atoms with Crippen LogP contribution in [-0.4, -0.2) is 24.5 Å². The van der Waals surface area contributed by atoms with E-state index in [0.717, 1.165) is 5.00 Å². The lowest BCUT2D eigenvalue weighted by molar-refractivity contribution is -0.116. The summed E-state index contributed by atoms with van der Waals surface area (Å²) in [7, 11) is 0. The minimum Gasteiger partial charge on any atom is -0.462 e. The average Bonchev–Trinajstić information content (AvgIpc) is 2.62. The fourth-order valence-electron chi connectivity index (χ4n) is 1.40. The molecule has 1 aromatic rings. The summed E-state index contributed by atoms with van der Waals surface area (Å²) in [6, 6.07) is 1.36. The summed E-state index contributed by atoms with van der Waals surface area (Å²) in [4.78, 5) is 23.3. The van der Waals surface area contributed by atoms with Crippen molar-refractivity contribution in [3.63, 3.8) is 0 Å². The van der Waals surface area contributed by atoms with Crippen molar-refractivity contribution in [2.45, 2.75) is 19.9 Å². The van der Waals surface area contributed by atoms with Gasteiger partial charge in [-0.25, -0.2) is 4.79 Å². The summed E-state index contributed by atoms with van der Waals surface area (Å²) in [5, 5.41) is 6.55. The van der Waals surface area contributed by atoms with Gasteiger partial charge in [-0.15, -0.1) is 11.3 Å². The fourth-order valence-corrected chi connectivity index (χ4v) is 2.39. The fraction of sp³-hybridized carbons (Fsp3) is 0.400. The molecule has 0 aromatic carbocycles. The Labute approximate surface area is 96.8 Å². The number of hydrogen-bond acceptors (Lipinski definition) is 5. The molecule has 0 spiro atoms. The van der Waals surface area contributed by atoms with Crippen molar-refractivity contribution >= 4 is 33.9 Å². The highest BCUT2D eigenvalue weighted by Gasteiger charge is 2.25. The van der Waals surface area contributed by atoms with Gasteiger partial charge in [0.15, 0.2) is 0 Å². The molecule has 0 radical (unpaired) electrons. The molecule has 0 saturated heterocycles. The van der Waals surface area contributed by atoms with Gasteiger partial charge in [-0.3, -0.25) is 4.79 Å². The van der Waals surface area contributed by atoms with Gasteiger partial charge in [-0.05, 0) is 19.9 Å². The van der Waals surface area contributed by atoms with E-state index in [1.165, 1.54) is 11.3 Å². The number of fused-ring (bicyclic) bond motifs is 1. The zero-order valence-corrected chi connectivity index (χ0v) is 9.81. The minimum absolute atomic E-state index is 0.0966. The number of anilines is 2. The molecule has 16 heavy (non-hydrogen) atoms. The van der Waals surface area contributed by atoms with E-state index in [9.17, 15) is 9.59 Å². The number of ether oxygens (including phenoxy) is 1. The van der Waals surface area contributed by atoms with Crippen LogP contribution in [0.15, 0.2) is 6.07 Å². The number of nitrogens with one attached hydrogen (secondary N) is 2. The third kappa shape index (κ3) is 1.88. The van der Waals surface area contributed by atoms with Crippen LogP contribution in [0.1, 0.15) is 23.5 Å². The summed E-state index contributed by atoms with van der Waals surface area (Å²) in [6.45, 7) is 3.87. The molecule has 0 aliphatic carbocycles. The standard InChI is InChI=1S/C10H12N2O3S/c1-3-15-10(14)7-4-6-9(16-7)11-5(2)8(13)12-6/h4-5,11H,3H2,1-2H3,(H,12,13). The number of hydrogen-bond donors (Lipinski definition) is 2. The first-order chi connectivity index (χ1) is 7.61. The molecule has 86 valence electrons. The number of rotatable bonds is 2. The lowest BCUT2D eigenvalue weighted by Crippen LogP contribution is -2.35. The number of thiophene rings is 1. The van der Waals surface area contributed by atoms with Crippen LogP contribution in [0.5, 0.6) is 0 Å². The molecule has 1 aliphatic rings. The number of carbonyl (C=O) groups excluding carboxylic acids is 2. The molecule has 1 atom stereocenters. The van der Waals surface area contributed by atoms with Gasteiger partial charge < -0.3 is 15.4 Å². The summed E-state index contributed by atoms with van der Waals surface area (Å²) in [5.41, 5.74) is 0.649. The maximum Gasteiger partial charge on any atom is 0.348 e. The highest BCUT2D eigenvalue weighted by molar-refractivity contribution is 7.18. The van der Waals surface area contributed by atoms with Crippen molar-refractivity contribution in [3.8, 4) is 0 Å². The molecule has 5 nitrogen and oxygen atoms in total. The normalized spacial score (nSPS) is 18.4. The van der Waals surface area contributed by atoms with Crippen LogP contribution < -0.4 is 10.6 Å². The van der Waals surface area contributed by atoms with Crippen LogP contribution >= 0.6 is 11.3 Å². The van der Waals surface area contributed by atoms with Crippen molar-refractivity contribution in [2.24, 2.45) is 0 Å². The van der Waals surface area contributed by atoms with E-state index in [1.807, 2.05) is 0 Å². The van der Waals surface area contributed by atoms with Crippen LogP contribution in [0.4, 0.5) is 10.7 Å². The smallest absolute Gasteiger partial charge is 0.348 e. The van der Waals surface area contributed by atoms with Crippen LogP contribution in [0.2, 0.25) is 0 Å². The third-order valence-corrected chi connectivity index (χ3v) is 3.25. The van der Waals surface area contributed by atoms with Crippen molar-refractivity contribution in [1.82, 2.24) is 0 Å². The van der Waals surface area contributed by atoms with Gasteiger partial charge in [0.05, 0.1) is 12.3 Å². The van der Waals surface area contributed by atoms with Gasteiger partial charge in [0.1, 0.15) is 15.9 Å². The summed E-state index contributed by atoms with van der Waals surface area (Å²) >= 11 is 1.29. The molecule has 2 N–H and O–H groups in total. The van der Waals surface area contributed by atoms with Crippen LogP contribution in [0.25, 0.3) is 0 Å². The number of amides is 1. The van der Waals surface area contributed by atoms with E-state index < -0.39 is 0 Å². The van der Waals surface area contributed by atoms with Gasteiger partial charge in [-0.1, -0.05) is 0 Å². The van der Waals surface area contributed by atoms with Crippen molar-refractivity contribution < 1.29 is 14.3 Å². The molecule has 0 saturated carbocycles. The Kier molecular flexibility index (Phi) is 2.82. The van der Waals surface area contributed by atoms with Gasteiger partial charge in [0.2, 0.25) is 5.91 Å². The van der Waals surface area contributed by atoms with Crippen LogP contribution in [0, 0.1) is 0 Å². The predicted molar refractivity (Wildman–Crippen MR) is 62.0 cm³/mol. The predicted octanol–water partition coefficient (Wildman–Crippen LogP) is 1.68. The molecule has 1 amide bonds. The summed E-state index contributed by atoms with van der Waals surface area (Å²) in [5.74, 6) is -0.452. The molecule has 0 fully saturated rings. The summed E-state index contributed by atoms with van der Waals surface area (Å²) in [6.07, 6.45) is 0. The van der Waals surface area contributed by atoms with Gasteiger partial charge in [0.25, 0.3) is 0 Å². The Morgan fingerprint density at radius 1 is 1.62 bits per heavy atom. The highest BCUT2D eigenvalue weighted by atomic mass is 32.1. The SMILES string of the molecule is CCOC(=O)c1cc2c(s1)NC(C)C(=O)N2. The monoisotopic (exact) mass is 240 g/mol. The molecule has 2 heterocycles. The summed E-state index contributed by atoms with van der Waals surface area (Å²) < 4.78 is 4.89. The first-order valence-electron chi connectivity index (χ1n) is 5.00. The Morgan fingerprint density at radius 2 is 2.38 bits per heavy atom. The van der Waals surface area contributed by atoms with Gasteiger partial charge >= 0.3 is 5.97 Å². The minimum atomic E-state index is -0.356. The Hall–Kier alpha value is -1.56. The maximum atomic E-state index is 11.5. The lowest BCUT2D eigenvalue weighted by Gasteiger charge is -2.20. The molecule has 0 bridgehead atoms. The molecule has 2 rings (SSSR count). The van der Waals surface area contributed by atoms with Crippen LogP contribution in [0.3, 0.4) is 0 Å². The van der Waals surface area contributed by atoms with E-state index in [2.05, 4.69) is 10.6 Å². The molecule has 1 unspecified atom stereocenters. The maximum absolute atomic E-state index is 11.5. The van der Waals surface area contributed by atoms with Crippen LogP contribution in [-0.2, 0) is 9.53 Å². The van der Waals surface area contributed by atoms with E-state index in [0.29, 0.717) is 17.2 Å². The topological polar surface area (TPSA) is 67.4 Å². The second-order valence-corrected chi connectivity index (χ2v) is 4.48. The second kappa shape index (κ2) is 4.13. The Morgan fingerprint density at radius 3 is 3.06 bits per heavy atom. The Bertz CT molecular complexity index is 441. The molecular formula is C10H12N2O3S. The number of carbonyl (C=O) groups is 2. The average molecular weight is 240 g/mol. The molecule has 1 aliphatic heterocycles. The van der Waals surface area contributed by atoms with E-state index in [1.54, 1.807) is 19.9 Å². The van der Waals surface area contributed by atoms with E-state index >= 15 is 0 Å². The Balaban J connectivity index is 2.24. The first-order valence-corrected chi connectivity index (χ1v) is 5.81.